The van der Waals surface area contributed by atoms with Crippen LogP contribution >= 0.6 is 0 Å². The molecule has 0 bridgehead atoms. The zero-order valence-electron chi connectivity index (χ0n) is 10.6. The lowest BCUT2D eigenvalue weighted by atomic mass is 10.1. The van der Waals surface area contributed by atoms with Crippen LogP contribution in [0, 0.1) is 0 Å². The molecule has 0 saturated carbocycles. The highest BCUT2D eigenvalue weighted by Gasteiger charge is 2.17. The van der Waals surface area contributed by atoms with E-state index in [1.165, 1.54) is 14.2 Å². The van der Waals surface area contributed by atoms with E-state index in [4.69, 9.17) is 20.3 Å². The summed E-state index contributed by atoms with van der Waals surface area (Å²) in [7, 11) is 3.03. The Morgan fingerprint density at radius 2 is 1.95 bits per heavy atom. The van der Waals surface area contributed by atoms with Gasteiger partial charge in [0, 0.05) is 23.6 Å². The Balaban J connectivity index is 2.64. The third kappa shape index (κ3) is 2.52. The van der Waals surface area contributed by atoms with E-state index < -0.39 is 5.97 Å². The number of aliphatic carboxylic acids is 1. The third-order valence-electron chi connectivity index (χ3n) is 2.77. The van der Waals surface area contributed by atoms with Gasteiger partial charge in [-0.1, -0.05) is 0 Å². The van der Waals surface area contributed by atoms with E-state index in [-0.39, 0.29) is 17.8 Å². The van der Waals surface area contributed by atoms with Crippen molar-refractivity contribution in [2.45, 2.75) is 6.42 Å². The van der Waals surface area contributed by atoms with Crippen LogP contribution in [-0.4, -0.2) is 31.1 Å². The fraction of sp³-hybridized carbons (Fsp3) is 0.231. The van der Waals surface area contributed by atoms with E-state index in [9.17, 15) is 4.79 Å². The van der Waals surface area contributed by atoms with Crippen LogP contribution in [0.4, 0.5) is 5.69 Å². The molecule has 0 radical (unpaired) electrons. The molecular weight excluding hydrogens is 248 g/mol. The van der Waals surface area contributed by atoms with E-state index in [0.29, 0.717) is 22.7 Å². The molecule has 0 spiro atoms. The van der Waals surface area contributed by atoms with Gasteiger partial charge in [0.05, 0.1) is 19.9 Å². The van der Waals surface area contributed by atoms with Crippen LogP contribution in [0.15, 0.2) is 22.7 Å². The predicted octanol–water partition coefficient (Wildman–Crippen LogP) is 1.56. The summed E-state index contributed by atoms with van der Waals surface area (Å²) in [6.07, 6.45) is 1.65. The number of rotatable bonds is 3. The number of carbonyl (C=O) groups is 1. The van der Waals surface area contributed by atoms with E-state index >= 15 is 0 Å². The maximum atomic E-state index is 11.1. The van der Waals surface area contributed by atoms with Crippen molar-refractivity contribution in [3.05, 3.63) is 23.3 Å². The Bertz CT molecular complexity index is 591. The molecule has 1 aliphatic rings. The smallest absolute Gasteiger partial charge is 0.332 e. The summed E-state index contributed by atoms with van der Waals surface area (Å²) in [5, 5.41) is 9.10. The van der Waals surface area contributed by atoms with Gasteiger partial charge in [0.2, 0.25) is 0 Å². The first kappa shape index (κ1) is 12.9. The molecule has 0 fully saturated rings. The van der Waals surface area contributed by atoms with Crippen LogP contribution in [0.5, 0.6) is 11.5 Å². The standard InChI is InChI=1S/C13H14N2O4/c1-18-10-4-7-3-8(13(16)17)5-12(14)15-9(7)6-11(10)19-2/h3-4,6H,5H2,1-2H3,(H2,14,15)(H,16,17). The van der Waals surface area contributed by atoms with Gasteiger partial charge in [0.25, 0.3) is 0 Å². The number of methoxy groups -OCH3 is 2. The second-order valence-electron chi connectivity index (χ2n) is 4.02. The number of hydrogen-bond donors (Lipinski definition) is 2. The van der Waals surface area contributed by atoms with E-state index in [2.05, 4.69) is 4.99 Å². The maximum Gasteiger partial charge on any atom is 0.332 e. The second kappa shape index (κ2) is 5.01. The van der Waals surface area contributed by atoms with Crippen molar-refractivity contribution in [3.63, 3.8) is 0 Å². The number of fused-ring (bicyclic) bond motifs is 1. The topological polar surface area (TPSA) is 94.1 Å². The lowest BCUT2D eigenvalue weighted by Gasteiger charge is -2.10. The first-order chi connectivity index (χ1) is 9.05. The minimum Gasteiger partial charge on any atom is -0.493 e. The van der Waals surface area contributed by atoms with Crippen molar-refractivity contribution in [1.29, 1.82) is 0 Å². The van der Waals surface area contributed by atoms with E-state index in [1.54, 1.807) is 18.2 Å². The molecular formula is C13H14N2O4. The second-order valence-corrected chi connectivity index (χ2v) is 4.02. The number of nitrogens with two attached hydrogens (primary N) is 1. The van der Waals surface area contributed by atoms with Gasteiger partial charge in [0.15, 0.2) is 11.5 Å². The molecule has 0 aromatic heterocycles. The number of carboxylic acids is 1. The number of nitrogens with zero attached hydrogens (tertiary/aromatic N) is 1. The van der Waals surface area contributed by atoms with Gasteiger partial charge >= 0.3 is 5.97 Å². The summed E-state index contributed by atoms with van der Waals surface area (Å²) in [6, 6.07) is 3.35. The molecule has 100 valence electrons. The largest absolute Gasteiger partial charge is 0.493 e. The molecule has 1 aromatic rings. The van der Waals surface area contributed by atoms with Crippen molar-refractivity contribution in [1.82, 2.24) is 0 Å². The van der Waals surface area contributed by atoms with Crippen molar-refractivity contribution in [2.75, 3.05) is 14.2 Å². The Morgan fingerprint density at radius 1 is 1.32 bits per heavy atom. The molecule has 6 heteroatoms. The van der Waals surface area contributed by atoms with Crippen molar-refractivity contribution >= 4 is 23.6 Å². The van der Waals surface area contributed by atoms with Crippen molar-refractivity contribution < 1.29 is 19.4 Å². The van der Waals surface area contributed by atoms with Crippen LogP contribution in [0.25, 0.3) is 6.08 Å². The molecule has 0 unspecified atom stereocenters. The van der Waals surface area contributed by atoms with Gasteiger partial charge in [-0.15, -0.1) is 0 Å². The summed E-state index contributed by atoms with van der Waals surface area (Å²) < 4.78 is 10.4. The maximum absolute atomic E-state index is 11.1. The normalized spacial score (nSPS) is 13.8. The first-order valence-corrected chi connectivity index (χ1v) is 5.58. The first-order valence-electron chi connectivity index (χ1n) is 5.58. The number of hydrogen-bond acceptors (Lipinski definition) is 5. The number of benzene rings is 1. The quantitative estimate of drug-likeness (QED) is 0.862. The fourth-order valence-electron chi connectivity index (χ4n) is 1.86. The van der Waals surface area contributed by atoms with Gasteiger partial charge in [0.1, 0.15) is 5.84 Å². The number of aliphatic imine (C=N–C) groups is 1. The van der Waals surface area contributed by atoms with Crippen LogP contribution in [0.1, 0.15) is 12.0 Å². The Hall–Kier alpha value is -2.50. The molecule has 0 atom stereocenters. The summed E-state index contributed by atoms with van der Waals surface area (Å²) in [4.78, 5) is 15.3. The predicted molar refractivity (Wildman–Crippen MR) is 71.1 cm³/mol. The Labute approximate surface area is 110 Å². The van der Waals surface area contributed by atoms with Crippen molar-refractivity contribution in [3.8, 4) is 11.5 Å². The molecule has 0 saturated heterocycles. The van der Waals surface area contributed by atoms with Gasteiger partial charge in [-0.2, -0.15) is 0 Å². The molecule has 19 heavy (non-hydrogen) atoms. The molecule has 1 aromatic carbocycles. The van der Waals surface area contributed by atoms with Gasteiger partial charge in [-0.3, -0.25) is 0 Å². The minimum atomic E-state index is -1.01. The van der Waals surface area contributed by atoms with Crippen LogP contribution in [0.2, 0.25) is 0 Å². The lowest BCUT2D eigenvalue weighted by molar-refractivity contribution is -0.132. The monoisotopic (exact) mass is 262 g/mol. The minimum absolute atomic E-state index is 0.106. The zero-order chi connectivity index (χ0) is 14.0. The van der Waals surface area contributed by atoms with Gasteiger partial charge in [-0.05, 0) is 12.1 Å². The average molecular weight is 262 g/mol. The lowest BCUT2D eigenvalue weighted by Crippen LogP contribution is -2.14. The molecule has 6 nitrogen and oxygen atoms in total. The van der Waals surface area contributed by atoms with Crippen molar-refractivity contribution in [2.24, 2.45) is 10.7 Å². The Kier molecular flexibility index (Phi) is 3.41. The molecule has 0 amide bonds. The van der Waals surface area contributed by atoms with Gasteiger partial charge in [-0.25, -0.2) is 9.79 Å². The van der Waals surface area contributed by atoms with Crippen LogP contribution in [-0.2, 0) is 4.79 Å². The van der Waals surface area contributed by atoms with Crippen LogP contribution in [0.3, 0.4) is 0 Å². The number of carboxylic acid groups (broad SMARTS) is 1. The molecule has 0 aliphatic carbocycles. The Morgan fingerprint density at radius 3 is 2.53 bits per heavy atom. The van der Waals surface area contributed by atoms with Crippen LogP contribution < -0.4 is 15.2 Å². The molecule has 1 heterocycles. The summed E-state index contributed by atoms with van der Waals surface area (Å²) in [5.41, 5.74) is 7.10. The molecule has 3 N–H and O–H groups in total. The SMILES string of the molecule is COc1cc2c(cc1OC)N=C(N)CC(C(=O)O)=C2. The highest BCUT2D eigenvalue weighted by molar-refractivity contribution is 6.02. The highest BCUT2D eigenvalue weighted by Crippen LogP contribution is 2.37. The van der Waals surface area contributed by atoms with Gasteiger partial charge < -0.3 is 20.3 Å². The number of amidine groups is 1. The molecule has 2 rings (SSSR count). The highest BCUT2D eigenvalue weighted by atomic mass is 16.5. The third-order valence-corrected chi connectivity index (χ3v) is 2.77. The van der Waals surface area contributed by atoms with E-state index in [0.717, 1.165) is 0 Å². The summed E-state index contributed by atoms with van der Waals surface area (Å²) >= 11 is 0. The summed E-state index contributed by atoms with van der Waals surface area (Å²) in [5.74, 6) is 0.267. The fourth-order valence-corrected chi connectivity index (χ4v) is 1.86. The number of ether oxygens (including phenoxy) is 2. The van der Waals surface area contributed by atoms with E-state index in [1.807, 2.05) is 0 Å². The summed E-state index contributed by atoms with van der Waals surface area (Å²) in [6.45, 7) is 0. The average Bonchev–Trinajstić information content (AvgIpc) is 2.54. The zero-order valence-corrected chi connectivity index (χ0v) is 10.6. The molecule has 1 aliphatic heterocycles.